The van der Waals surface area contributed by atoms with E-state index in [1.54, 1.807) is 21.6 Å². The number of hydrogen-bond acceptors (Lipinski definition) is 3. The highest BCUT2D eigenvalue weighted by Crippen LogP contribution is 2.13. The Morgan fingerprint density at radius 3 is 2.81 bits per heavy atom. The molecule has 2 aromatic heterocycles. The van der Waals surface area contributed by atoms with Gasteiger partial charge in [0.2, 0.25) is 0 Å². The lowest BCUT2D eigenvalue weighted by molar-refractivity contribution is 0.291. The van der Waals surface area contributed by atoms with Crippen molar-refractivity contribution in [3.05, 3.63) is 29.6 Å². The number of rotatable bonds is 4. The second kappa shape index (κ2) is 4.57. The molecule has 0 amide bonds. The first-order valence-corrected chi connectivity index (χ1v) is 5.40. The fourth-order valence-electron chi connectivity index (χ4n) is 1.30. The van der Waals surface area contributed by atoms with Crippen molar-refractivity contribution in [1.29, 1.82) is 0 Å². The second-order valence-electron chi connectivity index (χ2n) is 3.38. The lowest BCUT2D eigenvalue weighted by atomic mass is 10.6. The van der Waals surface area contributed by atoms with Gasteiger partial charge >= 0.3 is 0 Å². The molecular formula is C10H13ClN4O. The van der Waals surface area contributed by atoms with Crippen LogP contribution in [0.25, 0.3) is 0 Å². The molecule has 0 aromatic carbocycles. The predicted molar refractivity (Wildman–Crippen MR) is 60.5 cm³/mol. The normalized spacial score (nSPS) is 10.7. The summed E-state index contributed by atoms with van der Waals surface area (Å²) in [4.78, 5) is 4.14. The maximum Gasteiger partial charge on any atom is 0.157 e. The molecule has 0 aliphatic heterocycles. The summed E-state index contributed by atoms with van der Waals surface area (Å²) in [6.07, 6.45) is 5.15. The van der Waals surface area contributed by atoms with Crippen molar-refractivity contribution >= 4 is 11.6 Å². The predicted octanol–water partition coefficient (Wildman–Crippen LogP) is 1.87. The van der Waals surface area contributed by atoms with Crippen LogP contribution in [0.1, 0.15) is 12.7 Å². The van der Waals surface area contributed by atoms with Gasteiger partial charge in [-0.1, -0.05) is 11.6 Å². The molecule has 16 heavy (non-hydrogen) atoms. The van der Waals surface area contributed by atoms with Gasteiger partial charge in [-0.25, -0.2) is 4.98 Å². The molecule has 0 saturated heterocycles. The fourth-order valence-corrected chi connectivity index (χ4v) is 1.44. The summed E-state index contributed by atoms with van der Waals surface area (Å²) >= 11 is 5.87. The fraction of sp³-hybridized carbons (Fsp3) is 0.400. The highest BCUT2D eigenvalue weighted by atomic mass is 35.5. The summed E-state index contributed by atoms with van der Waals surface area (Å²) in [5, 5.41) is 4.71. The molecule has 0 atom stereocenters. The van der Waals surface area contributed by atoms with Crippen molar-refractivity contribution in [2.45, 2.75) is 20.1 Å². The highest BCUT2D eigenvalue weighted by Gasteiger charge is 2.05. The van der Waals surface area contributed by atoms with Gasteiger partial charge in [-0.15, -0.1) is 0 Å². The van der Waals surface area contributed by atoms with E-state index < -0.39 is 0 Å². The van der Waals surface area contributed by atoms with E-state index in [2.05, 4.69) is 10.1 Å². The van der Waals surface area contributed by atoms with E-state index in [9.17, 15) is 0 Å². The minimum absolute atomic E-state index is 0.388. The van der Waals surface area contributed by atoms with E-state index in [1.807, 2.05) is 20.2 Å². The van der Waals surface area contributed by atoms with Crippen LogP contribution in [0.3, 0.4) is 0 Å². The Hall–Kier alpha value is -1.49. The molecule has 0 N–H and O–H groups in total. The third-order valence-corrected chi connectivity index (χ3v) is 2.68. The van der Waals surface area contributed by atoms with Crippen molar-refractivity contribution in [2.75, 3.05) is 0 Å². The average molecular weight is 241 g/mol. The smallest absolute Gasteiger partial charge is 0.157 e. The number of aryl methyl sites for hydroxylation is 1. The van der Waals surface area contributed by atoms with Gasteiger partial charge in [0.1, 0.15) is 17.6 Å². The topological polar surface area (TPSA) is 44.9 Å². The Morgan fingerprint density at radius 2 is 2.25 bits per heavy atom. The van der Waals surface area contributed by atoms with Gasteiger partial charge in [-0.05, 0) is 6.92 Å². The largest absolute Gasteiger partial charge is 0.482 e. The Kier molecular flexibility index (Phi) is 3.14. The molecule has 0 unspecified atom stereocenters. The van der Waals surface area contributed by atoms with Gasteiger partial charge in [0.05, 0.1) is 18.6 Å². The lowest BCUT2D eigenvalue weighted by Gasteiger charge is -2.03. The molecule has 2 rings (SSSR count). The summed E-state index contributed by atoms with van der Waals surface area (Å²) < 4.78 is 9.13. The van der Waals surface area contributed by atoms with Gasteiger partial charge in [-0.3, -0.25) is 4.68 Å². The van der Waals surface area contributed by atoms with E-state index in [0.29, 0.717) is 11.8 Å². The van der Waals surface area contributed by atoms with Crippen molar-refractivity contribution < 1.29 is 4.74 Å². The van der Waals surface area contributed by atoms with Crippen molar-refractivity contribution in [2.24, 2.45) is 7.05 Å². The van der Waals surface area contributed by atoms with Gasteiger partial charge < -0.3 is 9.30 Å². The van der Waals surface area contributed by atoms with Crippen LogP contribution in [0.2, 0.25) is 5.15 Å². The molecule has 0 bridgehead atoms. The zero-order valence-corrected chi connectivity index (χ0v) is 9.98. The molecule has 86 valence electrons. The summed E-state index contributed by atoms with van der Waals surface area (Å²) in [6.45, 7) is 3.24. The van der Waals surface area contributed by atoms with Crippen LogP contribution >= 0.6 is 11.6 Å². The van der Waals surface area contributed by atoms with Crippen LogP contribution in [0.4, 0.5) is 0 Å². The number of nitrogens with zero attached hydrogens (tertiary/aromatic N) is 4. The third-order valence-electron chi connectivity index (χ3n) is 2.33. The zero-order valence-electron chi connectivity index (χ0n) is 9.22. The molecule has 0 fully saturated rings. The minimum atomic E-state index is 0.388. The number of hydrogen-bond donors (Lipinski definition) is 0. The summed E-state index contributed by atoms with van der Waals surface area (Å²) in [7, 11) is 1.85. The molecule has 0 aliphatic rings. The Morgan fingerprint density at radius 1 is 1.44 bits per heavy atom. The van der Waals surface area contributed by atoms with Gasteiger partial charge in [0.15, 0.2) is 5.75 Å². The Labute approximate surface area is 98.6 Å². The second-order valence-corrected chi connectivity index (χ2v) is 3.76. The van der Waals surface area contributed by atoms with Gasteiger partial charge in [-0.2, -0.15) is 5.10 Å². The van der Waals surface area contributed by atoms with Gasteiger partial charge in [0, 0.05) is 13.6 Å². The molecular weight excluding hydrogens is 228 g/mol. The minimum Gasteiger partial charge on any atom is -0.482 e. The standard InChI is InChI=1S/C10H13ClN4O/c1-3-15-6-8(4-13-15)16-7-10-12-5-9(11)14(10)2/h4-6H,3,7H2,1-2H3. The zero-order chi connectivity index (χ0) is 11.5. The quantitative estimate of drug-likeness (QED) is 0.820. The molecule has 0 saturated carbocycles. The number of imidazole rings is 1. The first kappa shape index (κ1) is 11.0. The van der Waals surface area contributed by atoms with E-state index in [-0.39, 0.29) is 0 Å². The molecule has 0 aliphatic carbocycles. The van der Waals surface area contributed by atoms with Crippen molar-refractivity contribution in [1.82, 2.24) is 19.3 Å². The van der Waals surface area contributed by atoms with Crippen LogP contribution in [0, 0.1) is 0 Å². The summed E-state index contributed by atoms with van der Waals surface area (Å²) in [6, 6.07) is 0. The van der Waals surface area contributed by atoms with Crippen LogP contribution < -0.4 is 4.74 Å². The maximum absolute atomic E-state index is 5.87. The van der Waals surface area contributed by atoms with Crippen molar-refractivity contribution in [3.63, 3.8) is 0 Å². The van der Waals surface area contributed by atoms with E-state index >= 15 is 0 Å². The number of ether oxygens (including phenoxy) is 1. The maximum atomic E-state index is 5.87. The van der Waals surface area contributed by atoms with E-state index in [0.717, 1.165) is 18.1 Å². The van der Waals surface area contributed by atoms with E-state index in [1.165, 1.54) is 0 Å². The summed E-state index contributed by atoms with van der Waals surface area (Å²) in [5.74, 6) is 1.52. The van der Waals surface area contributed by atoms with Crippen LogP contribution in [0.5, 0.6) is 5.75 Å². The van der Waals surface area contributed by atoms with Crippen LogP contribution in [-0.2, 0) is 20.2 Å². The van der Waals surface area contributed by atoms with Crippen LogP contribution in [-0.4, -0.2) is 19.3 Å². The highest BCUT2D eigenvalue weighted by molar-refractivity contribution is 6.29. The Balaban J connectivity index is 1.99. The van der Waals surface area contributed by atoms with E-state index in [4.69, 9.17) is 16.3 Å². The third kappa shape index (κ3) is 2.19. The SMILES string of the molecule is CCn1cc(OCc2ncc(Cl)n2C)cn1. The Bertz CT molecular complexity index is 477. The molecule has 0 radical (unpaired) electrons. The first-order chi connectivity index (χ1) is 7.70. The lowest BCUT2D eigenvalue weighted by Crippen LogP contribution is -2.03. The molecule has 6 heteroatoms. The van der Waals surface area contributed by atoms with Crippen molar-refractivity contribution in [3.8, 4) is 5.75 Å². The number of halogens is 1. The average Bonchev–Trinajstić information content (AvgIpc) is 2.86. The molecule has 2 aromatic rings. The molecule has 2 heterocycles. The molecule has 0 spiro atoms. The molecule has 5 nitrogen and oxygen atoms in total. The van der Waals surface area contributed by atoms with Gasteiger partial charge in [0.25, 0.3) is 0 Å². The summed E-state index contributed by atoms with van der Waals surface area (Å²) in [5.41, 5.74) is 0. The number of aromatic nitrogens is 4. The van der Waals surface area contributed by atoms with Crippen LogP contribution in [0.15, 0.2) is 18.6 Å². The first-order valence-electron chi connectivity index (χ1n) is 5.02. The monoisotopic (exact) mass is 240 g/mol.